The highest BCUT2D eigenvalue weighted by Crippen LogP contribution is 2.47. The van der Waals surface area contributed by atoms with Crippen LogP contribution in [-0.4, -0.2) is 0 Å². The van der Waals surface area contributed by atoms with Crippen molar-refractivity contribution in [3.8, 4) is 66.8 Å². The second-order valence-corrected chi connectivity index (χ2v) is 22.1. The van der Waals surface area contributed by atoms with Crippen molar-refractivity contribution in [2.45, 2.75) is 52.4 Å². The van der Waals surface area contributed by atoms with Crippen molar-refractivity contribution in [3.63, 3.8) is 0 Å². The van der Waals surface area contributed by atoms with E-state index in [-0.39, 0.29) is 10.8 Å². The smallest absolute Gasteiger partial charge is 0.0540 e. The Labute approximate surface area is 443 Å². The van der Waals surface area contributed by atoms with E-state index in [0.29, 0.717) is 0 Å². The number of rotatable bonds is 9. The molecule has 75 heavy (non-hydrogen) atoms. The standard InChI is InChI=1S/C74H61N/c1-73(2,3)58-45-57(46-59(49-58)74(4,5)6)65-33-18-26-54-27-19-35-69(72(54)65)68-31-15-16-36-71(68)75(61-29-17-28-56(47-61)63-32-20-34-66-62-30-14-13-25-53(62)39-44-67(63)66)60-41-37-50(38-42-60)55-40-43-64(51-21-9-7-10-22-51)70(48-55)52-23-11-8-12-24-52/h7-49H,1-6H3. The van der Waals surface area contributed by atoms with E-state index in [1.54, 1.807) is 0 Å². The Morgan fingerprint density at radius 3 is 1.52 bits per heavy atom. The van der Waals surface area contributed by atoms with Gasteiger partial charge in [0.05, 0.1) is 5.69 Å². The monoisotopic (exact) mass is 963 g/mol. The normalized spacial score (nSPS) is 11.9. The van der Waals surface area contributed by atoms with E-state index in [1.807, 2.05) is 0 Å². The van der Waals surface area contributed by atoms with Crippen molar-refractivity contribution in [1.29, 1.82) is 0 Å². The molecule has 0 aliphatic carbocycles. The second kappa shape index (κ2) is 19.2. The van der Waals surface area contributed by atoms with Crippen LogP contribution in [0.4, 0.5) is 17.1 Å². The van der Waals surface area contributed by atoms with Gasteiger partial charge in [-0.15, -0.1) is 0 Å². The summed E-state index contributed by atoms with van der Waals surface area (Å²) in [5, 5.41) is 7.48. The minimum absolute atomic E-state index is 0.0176. The van der Waals surface area contributed by atoms with Crippen LogP contribution in [0.25, 0.3) is 99.1 Å². The summed E-state index contributed by atoms with van der Waals surface area (Å²) in [6, 6.07) is 96.6. The molecule has 0 saturated heterocycles. The van der Waals surface area contributed by atoms with E-state index < -0.39 is 0 Å². The summed E-state index contributed by atoms with van der Waals surface area (Å²) in [6.45, 7) is 13.9. The van der Waals surface area contributed by atoms with Gasteiger partial charge in [-0.25, -0.2) is 0 Å². The van der Waals surface area contributed by atoms with E-state index in [1.165, 1.54) is 99.1 Å². The Bertz CT molecular complexity index is 4020. The van der Waals surface area contributed by atoms with Gasteiger partial charge in [0.2, 0.25) is 0 Å². The molecule has 0 N–H and O–H groups in total. The van der Waals surface area contributed by atoms with Gasteiger partial charge >= 0.3 is 0 Å². The quantitative estimate of drug-likeness (QED) is 0.130. The Balaban J connectivity index is 1.04. The van der Waals surface area contributed by atoms with Crippen molar-refractivity contribution >= 4 is 49.4 Å². The van der Waals surface area contributed by atoms with Crippen molar-refractivity contribution in [1.82, 2.24) is 0 Å². The minimum Gasteiger partial charge on any atom is -0.310 e. The molecule has 0 unspecified atom stereocenters. The molecule has 0 aromatic heterocycles. The van der Waals surface area contributed by atoms with Crippen LogP contribution in [0, 0.1) is 0 Å². The van der Waals surface area contributed by atoms with E-state index in [2.05, 4.69) is 307 Å². The molecular weight excluding hydrogens is 903 g/mol. The fourth-order valence-corrected chi connectivity index (χ4v) is 11.1. The summed E-state index contributed by atoms with van der Waals surface area (Å²) < 4.78 is 0. The van der Waals surface area contributed by atoms with E-state index >= 15 is 0 Å². The van der Waals surface area contributed by atoms with Crippen LogP contribution < -0.4 is 4.90 Å². The molecule has 12 rings (SSSR count). The maximum absolute atomic E-state index is 2.47. The van der Waals surface area contributed by atoms with Gasteiger partial charge in [-0.2, -0.15) is 0 Å². The van der Waals surface area contributed by atoms with Gasteiger partial charge < -0.3 is 4.90 Å². The zero-order valence-electron chi connectivity index (χ0n) is 43.8. The molecule has 0 saturated carbocycles. The van der Waals surface area contributed by atoms with Crippen molar-refractivity contribution in [3.05, 3.63) is 272 Å². The molecule has 0 amide bonds. The summed E-state index contributed by atoms with van der Waals surface area (Å²) >= 11 is 0. The van der Waals surface area contributed by atoms with Gasteiger partial charge in [0, 0.05) is 16.9 Å². The maximum atomic E-state index is 2.47. The number of benzene rings is 12. The molecule has 0 spiro atoms. The van der Waals surface area contributed by atoms with Crippen LogP contribution >= 0.6 is 0 Å². The van der Waals surface area contributed by atoms with Crippen molar-refractivity contribution < 1.29 is 0 Å². The SMILES string of the molecule is CC(C)(C)c1cc(-c2cccc3cccc(-c4ccccc4N(c4ccc(-c5ccc(-c6ccccc6)c(-c6ccccc6)c5)cc4)c4cccc(-c5cccc6c5ccc5ccccc56)c4)c23)cc(C(C)(C)C)c1. The van der Waals surface area contributed by atoms with Crippen molar-refractivity contribution in [2.75, 3.05) is 4.90 Å². The number of nitrogens with zero attached hydrogens (tertiary/aromatic N) is 1. The van der Waals surface area contributed by atoms with Gasteiger partial charge in [-0.05, 0) is 152 Å². The lowest BCUT2D eigenvalue weighted by Gasteiger charge is -2.29. The largest absolute Gasteiger partial charge is 0.310 e. The molecule has 0 bridgehead atoms. The molecule has 362 valence electrons. The van der Waals surface area contributed by atoms with Gasteiger partial charge in [-0.3, -0.25) is 0 Å². The molecule has 1 heteroatoms. The Kier molecular flexibility index (Phi) is 12.1. The van der Waals surface area contributed by atoms with Crippen LogP contribution in [0.5, 0.6) is 0 Å². The molecule has 0 radical (unpaired) electrons. The first-order valence-corrected chi connectivity index (χ1v) is 26.4. The summed E-state index contributed by atoms with van der Waals surface area (Å²) in [6.07, 6.45) is 0. The molecule has 1 nitrogen and oxygen atoms in total. The van der Waals surface area contributed by atoms with Gasteiger partial charge in [0.1, 0.15) is 0 Å². The highest BCUT2D eigenvalue weighted by atomic mass is 15.1. The molecule has 12 aromatic rings. The summed E-state index contributed by atoms with van der Waals surface area (Å²) in [5.74, 6) is 0. The molecule has 0 heterocycles. The van der Waals surface area contributed by atoms with Crippen LogP contribution in [-0.2, 0) is 10.8 Å². The van der Waals surface area contributed by atoms with Crippen LogP contribution in [0.15, 0.2) is 261 Å². The highest BCUT2D eigenvalue weighted by Gasteiger charge is 2.24. The van der Waals surface area contributed by atoms with E-state index in [0.717, 1.165) is 28.2 Å². The lowest BCUT2D eigenvalue weighted by molar-refractivity contribution is 0.569. The number of hydrogen-bond acceptors (Lipinski definition) is 1. The topological polar surface area (TPSA) is 3.24 Å². The first-order chi connectivity index (χ1) is 36.5. The van der Waals surface area contributed by atoms with Gasteiger partial charge in [0.25, 0.3) is 0 Å². The van der Waals surface area contributed by atoms with Crippen molar-refractivity contribution in [2.24, 2.45) is 0 Å². The lowest BCUT2D eigenvalue weighted by Crippen LogP contribution is -2.16. The predicted molar refractivity (Wildman–Crippen MR) is 324 cm³/mol. The zero-order valence-corrected chi connectivity index (χ0v) is 43.8. The third kappa shape index (κ3) is 9.10. The molecule has 0 fully saturated rings. The number of para-hydroxylation sites is 1. The lowest BCUT2D eigenvalue weighted by atomic mass is 9.78. The van der Waals surface area contributed by atoms with Gasteiger partial charge in [0.15, 0.2) is 0 Å². The average Bonchev–Trinajstić information content (AvgIpc) is 3.45. The molecule has 12 aromatic carbocycles. The fraction of sp³-hybridized carbons (Fsp3) is 0.108. The average molecular weight is 964 g/mol. The van der Waals surface area contributed by atoms with Crippen LogP contribution in [0.2, 0.25) is 0 Å². The molecule has 0 aliphatic rings. The third-order valence-electron chi connectivity index (χ3n) is 15.2. The molecule has 0 aliphatic heterocycles. The molecular formula is C74H61N. The highest BCUT2D eigenvalue weighted by molar-refractivity contribution is 6.13. The minimum atomic E-state index is -0.0176. The number of anilines is 3. The Morgan fingerprint density at radius 2 is 0.800 bits per heavy atom. The third-order valence-corrected chi connectivity index (χ3v) is 15.2. The first kappa shape index (κ1) is 47.2. The summed E-state index contributed by atoms with van der Waals surface area (Å²) in [4.78, 5) is 2.47. The Hall–Kier alpha value is -8.78. The van der Waals surface area contributed by atoms with Gasteiger partial charge in [-0.1, -0.05) is 266 Å². The van der Waals surface area contributed by atoms with Crippen LogP contribution in [0.1, 0.15) is 52.7 Å². The Morgan fingerprint density at radius 1 is 0.253 bits per heavy atom. The van der Waals surface area contributed by atoms with Crippen LogP contribution in [0.3, 0.4) is 0 Å². The number of hydrogen-bond donors (Lipinski definition) is 0. The fourth-order valence-electron chi connectivity index (χ4n) is 11.1. The zero-order chi connectivity index (χ0) is 51.3. The number of fused-ring (bicyclic) bond motifs is 4. The first-order valence-electron chi connectivity index (χ1n) is 26.4. The maximum Gasteiger partial charge on any atom is 0.0540 e. The summed E-state index contributed by atoms with van der Waals surface area (Å²) in [5.41, 5.74) is 20.3. The second-order valence-electron chi connectivity index (χ2n) is 22.1. The predicted octanol–water partition coefficient (Wildman–Crippen LogP) is 21.2. The molecule has 0 atom stereocenters. The summed E-state index contributed by atoms with van der Waals surface area (Å²) in [7, 11) is 0. The van der Waals surface area contributed by atoms with E-state index in [9.17, 15) is 0 Å². The van der Waals surface area contributed by atoms with E-state index in [4.69, 9.17) is 0 Å².